The van der Waals surface area contributed by atoms with E-state index in [1.807, 2.05) is 30.3 Å². The first-order chi connectivity index (χ1) is 10.2. The average molecular weight is 284 g/mol. The van der Waals surface area contributed by atoms with Crippen molar-refractivity contribution in [1.82, 2.24) is 0 Å². The molecule has 0 aliphatic heterocycles. The minimum absolute atomic E-state index is 0.337. The summed E-state index contributed by atoms with van der Waals surface area (Å²) in [6, 6.07) is 12.8. The molecule has 0 N–H and O–H groups in total. The average Bonchev–Trinajstić information content (AvgIpc) is 2.53. The SMILES string of the molecule is COC(=O)c1cc(C)c(OCc2ccccc2)c(C=O)c1. The topological polar surface area (TPSA) is 52.6 Å². The van der Waals surface area contributed by atoms with Crippen LogP contribution in [0.15, 0.2) is 42.5 Å². The zero-order chi connectivity index (χ0) is 15.2. The quantitative estimate of drug-likeness (QED) is 0.625. The third kappa shape index (κ3) is 3.48. The largest absolute Gasteiger partial charge is 0.488 e. The Hall–Kier alpha value is -2.62. The summed E-state index contributed by atoms with van der Waals surface area (Å²) < 4.78 is 10.4. The number of methoxy groups -OCH3 is 1. The van der Waals surface area contributed by atoms with Crippen LogP contribution in [0.4, 0.5) is 0 Å². The minimum atomic E-state index is -0.476. The number of carbonyl (C=O) groups excluding carboxylic acids is 2. The molecule has 0 atom stereocenters. The summed E-state index contributed by atoms with van der Waals surface area (Å²) in [5.41, 5.74) is 2.40. The van der Waals surface area contributed by atoms with E-state index in [0.717, 1.165) is 11.1 Å². The van der Waals surface area contributed by atoms with Crippen molar-refractivity contribution >= 4 is 12.3 Å². The number of esters is 1. The first kappa shape index (κ1) is 14.8. The maximum absolute atomic E-state index is 11.5. The van der Waals surface area contributed by atoms with E-state index in [-0.39, 0.29) is 0 Å². The highest BCUT2D eigenvalue weighted by Crippen LogP contribution is 2.25. The monoisotopic (exact) mass is 284 g/mol. The Bertz CT molecular complexity index is 647. The number of aldehydes is 1. The minimum Gasteiger partial charge on any atom is -0.488 e. The molecule has 0 radical (unpaired) electrons. The molecule has 4 heteroatoms. The number of benzene rings is 2. The summed E-state index contributed by atoms with van der Waals surface area (Å²) in [6.07, 6.45) is 0.680. The van der Waals surface area contributed by atoms with Gasteiger partial charge in [-0.3, -0.25) is 4.79 Å². The first-order valence-corrected chi connectivity index (χ1v) is 6.50. The van der Waals surface area contributed by atoms with E-state index in [0.29, 0.717) is 29.8 Å². The summed E-state index contributed by atoms with van der Waals surface area (Å²) in [5, 5.41) is 0. The smallest absolute Gasteiger partial charge is 0.337 e. The van der Waals surface area contributed by atoms with Gasteiger partial charge in [0.25, 0.3) is 0 Å². The molecule has 0 unspecified atom stereocenters. The van der Waals surface area contributed by atoms with Gasteiger partial charge in [-0.2, -0.15) is 0 Å². The highest BCUT2D eigenvalue weighted by Gasteiger charge is 2.14. The Kier molecular flexibility index (Phi) is 4.72. The van der Waals surface area contributed by atoms with Crippen molar-refractivity contribution in [1.29, 1.82) is 0 Å². The fraction of sp³-hybridized carbons (Fsp3) is 0.176. The van der Waals surface area contributed by atoms with Crippen LogP contribution >= 0.6 is 0 Å². The van der Waals surface area contributed by atoms with Crippen LogP contribution < -0.4 is 4.74 Å². The van der Waals surface area contributed by atoms with Crippen LogP contribution in [0.25, 0.3) is 0 Å². The number of hydrogen-bond donors (Lipinski definition) is 0. The zero-order valence-corrected chi connectivity index (χ0v) is 12.0. The van der Waals surface area contributed by atoms with Gasteiger partial charge in [-0.05, 0) is 30.2 Å². The molecular weight excluding hydrogens is 268 g/mol. The van der Waals surface area contributed by atoms with Gasteiger partial charge in [-0.15, -0.1) is 0 Å². The van der Waals surface area contributed by atoms with Gasteiger partial charge in [-0.25, -0.2) is 4.79 Å². The van der Waals surface area contributed by atoms with Gasteiger partial charge in [0.05, 0.1) is 18.2 Å². The molecule has 4 nitrogen and oxygen atoms in total. The van der Waals surface area contributed by atoms with E-state index in [9.17, 15) is 9.59 Å². The molecule has 0 aliphatic carbocycles. The predicted octanol–water partition coefficient (Wildman–Crippen LogP) is 3.17. The maximum atomic E-state index is 11.5. The van der Waals surface area contributed by atoms with Crippen molar-refractivity contribution in [3.05, 3.63) is 64.7 Å². The van der Waals surface area contributed by atoms with Crippen LogP contribution in [0, 0.1) is 6.92 Å². The number of aryl methyl sites for hydroxylation is 1. The Labute approximate surface area is 123 Å². The third-order valence-corrected chi connectivity index (χ3v) is 3.08. The molecule has 0 spiro atoms. The second-order valence-electron chi connectivity index (χ2n) is 4.60. The van der Waals surface area contributed by atoms with Gasteiger partial charge in [-0.1, -0.05) is 30.3 Å². The van der Waals surface area contributed by atoms with Crippen molar-refractivity contribution in [2.75, 3.05) is 7.11 Å². The summed E-state index contributed by atoms with van der Waals surface area (Å²) >= 11 is 0. The molecule has 0 bridgehead atoms. The molecule has 0 fully saturated rings. The molecule has 0 amide bonds. The van der Waals surface area contributed by atoms with E-state index in [1.54, 1.807) is 13.0 Å². The lowest BCUT2D eigenvalue weighted by Gasteiger charge is -2.13. The molecule has 0 saturated heterocycles. The van der Waals surface area contributed by atoms with E-state index >= 15 is 0 Å². The zero-order valence-electron chi connectivity index (χ0n) is 12.0. The Morgan fingerprint density at radius 3 is 2.52 bits per heavy atom. The number of carbonyl (C=O) groups is 2. The van der Waals surface area contributed by atoms with Gasteiger partial charge < -0.3 is 9.47 Å². The second kappa shape index (κ2) is 6.70. The third-order valence-electron chi connectivity index (χ3n) is 3.08. The molecule has 2 rings (SSSR count). The lowest BCUT2D eigenvalue weighted by molar-refractivity contribution is 0.0600. The van der Waals surface area contributed by atoms with Crippen molar-refractivity contribution in [2.24, 2.45) is 0 Å². The van der Waals surface area contributed by atoms with Crippen molar-refractivity contribution < 1.29 is 19.1 Å². The molecular formula is C17H16O4. The van der Waals surface area contributed by atoms with E-state index in [2.05, 4.69) is 4.74 Å². The maximum Gasteiger partial charge on any atom is 0.337 e. The molecule has 2 aromatic rings. The van der Waals surface area contributed by atoms with E-state index in [4.69, 9.17) is 4.74 Å². The molecule has 0 heterocycles. The van der Waals surface area contributed by atoms with Crippen LogP contribution in [-0.4, -0.2) is 19.4 Å². The van der Waals surface area contributed by atoms with Crippen LogP contribution in [0.1, 0.15) is 31.8 Å². The van der Waals surface area contributed by atoms with Crippen LogP contribution in [0.5, 0.6) is 5.75 Å². The van der Waals surface area contributed by atoms with Gasteiger partial charge in [0, 0.05) is 0 Å². The van der Waals surface area contributed by atoms with Gasteiger partial charge in [0.15, 0.2) is 6.29 Å². The summed E-state index contributed by atoms with van der Waals surface area (Å²) in [4.78, 5) is 22.8. The van der Waals surface area contributed by atoms with Crippen molar-refractivity contribution in [3.63, 3.8) is 0 Å². The normalized spacial score (nSPS) is 10.0. The Morgan fingerprint density at radius 1 is 1.19 bits per heavy atom. The predicted molar refractivity (Wildman–Crippen MR) is 78.7 cm³/mol. The van der Waals surface area contributed by atoms with Crippen LogP contribution in [0.3, 0.4) is 0 Å². The van der Waals surface area contributed by atoms with Crippen molar-refractivity contribution in [3.8, 4) is 5.75 Å². The fourth-order valence-electron chi connectivity index (χ4n) is 2.05. The molecule has 108 valence electrons. The lowest BCUT2D eigenvalue weighted by Crippen LogP contribution is -2.06. The molecule has 2 aromatic carbocycles. The molecule has 21 heavy (non-hydrogen) atoms. The van der Waals surface area contributed by atoms with Gasteiger partial charge in [0.1, 0.15) is 12.4 Å². The molecule has 0 saturated carbocycles. The molecule has 0 aliphatic rings. The van der Waals surface area contributed by atoms with Crippen molar-refractivity contribution in [2.45, 2.75) is 13.5 Å². The van der Waals surface area contributed by atoms with Crippen LogP contribution in [0.2, 0.25) is 0 Å². The summed E-state index contributed by atoms with van der Waals surface area (Å²) in [6.45, 7) is 2.15. The summed E-state index contributed by atoms with van der Waals surface area (Å²) in [7, 11) is 1.30. The second-order valence-corrected chi connectivity index (χ2v) is 4.60. The number of ether oxygens (including phenoxy) is 2. The summed E-state index contributed by atoms with van der Waals surface area (Å²) in [5.74, 6) is 0.0114. The van der Waals surface area contributed by atoms with E-state index in [1.165, 1.54) is 13.2 Å². The van der Waals surface area contributed by atoms with Crippen LogP contribution in [-0.2, 0) is 11.3 Å². The first-order valence-electron chi connectivity index (χ1n) is 6.50. The lowest BCUT2D eigenvalue weighted by atomic mass is 10.1. The Morgan fingerprint density at radius 2 is 1.90 bits per heavy atom. The Balaban J connectivity index is 2.27. The standard InChI is InChI=1S/C17H16O4/c1-12-8-14(17(19)20-2)9-15(10-18)16(12)21-11-13-6-4-3-5-7-13/h3-10H,11H2,1-2H3. The molecule has 0 aromatic heterocycles. The highest BCUT2D eigenvalue weighted by atomic mass is 16.5. The van der Waals surface area contributed by atoms with E-state index < -0.39 is 5.97 Å². The van der Waals surface area contributed by atoms with Gasteiger partial charge in [0.2, 0.25) is 0 Å². The number of hydrogen-bond acceptors (Lipinski definition) is 4. The number of rotatable bonds is 5. The van der Waals surface area contributed by atoms with Gasteiger partial charge >= 0.3 is 5.97 Å². The highest BCUT2D eigenvalue weighted by molar-refractivity contribution is 5.93. The fourth-order valence-corrected chi connectivity index (χ4v) is 2.05.